The van der Waals surface area contributed by atoms with E-state index in [4.69, 9.17) is 5.73 Å². The first kappa shape index (κ1) is 17.3. The minimum atomic E-state index is -1.32. The molecular formula is C18H17FN4OS. The van der Waals surface area contributed by atoms with Crippen LogP contribution in [0.1, 0.15) is 0 Å². The first-order valence-corrected chi connectivity index (χ1v) is 8.64. The summed E-state index contributed by atoms with van der Waals surface area (Å²) in [5, 5.41) is 0. The van der Waals surface area contributed by atoms with Gasteiger partial charge in [-0.2, -0.15) is 0 Å². The Kier molecular flexibility index (Phi) is 4.98. The molecule has 1 atom stereocenters. The highest BCUT2D eigenvalue weighted by atomic mass is 32.2. The van der Waals surface area contributed by atoms with Crippen LogP contribution >= 0.6 is 0 Å². The van der Waals surface area contributed by atoms with E-state index in [1.165, 1.54) is 18.5 Å². The average Bonchev–Trinajstić information content (AvgIpc) is 2.62. The predicted octanol–water partition coefficient (Wildman–Crippen LogP) is 3.12. The third-order valence-electron chi connectivity index (χ3n) is 3.67. The van der Waals surface area contributed by atoms with Gasteiger partial charge in [-0.15, -0.1) is 4.31 Å². The lowest BCUT2D eigenvalue weighted by Crippen LogP contribution is -2.22. The van der Waals surface area contributed by atoms with Gasteiger partial charge in [-0.3, -0.25) is 0 Å². The summed E-state index contributed by atoms with van der Waals surface area (Å²) in [4.78, 5) is 8.41. The zero-order valence-corrected chi connectivity index (χ0v) is 14.6. The molecule has 7 heteroatoms. The molecule has 3 rings (SSSR count). The molecule has 0 bridgehead atoms. The second-order valence-corrected chi connectivity index (χ2v) is 7.25. The molecule has 2 N–H and O–H groups in total. The van der Waals surface area contributed by atoms with Gasteiger partial charge in [0, 0.05) is 43.2 Å². The standard InChI is InChI=1S/C18H17FN4OS/c1-23(2)25(24)17-6-4-3-5-15(17)12-7-8-14(16(19)9-12)13-10-21-18(20)22-11-13/h3-11H,1-2H3,(H2,20,21,22). The average molecular weight is 356 g/mol. The molecule has 0 aliphatic carbocycles. The van der Waals surface area contributed by atoms with Crippen LogP contribution in [0.15, 0.2) is 59.8 Å². The van der Waals surface area contributed by atoms with Crippen molar-refractivity contribution in [3.8, 4) is 22.3 Å². The lowest BCUT2D eigenvalue weighted by Gasteiger charge is -2.18. The number of halogens is 1. The Labute approximate surface area is 148 Å². The molecule has 0 aliphatic heterocycles. The lowest BCUT2D eigenvalue weighted by atomic mass is 10.0. The molecule has 25 heavy (non-hydrogen) atoms. The maximum absolute atomic E-state index is 14.6. The molecule has 5 nitrogen and oxygen atoms in total. The molecular weight excluding hydrogens is 339 g/mol. The Morgan fingerprint density at radius 2 is 1.68 bits per heavy atom. The van der Waals surface area contributed by atoms with Gasteiger partial charge in [0.1, 0.15) is 5.82 Å². The van der Waals surface area contributed by atoms with Crippen molar-refractivity contribution in [3.63, 3.8) is 0 Å². The van der Waals surface area contributed by atoms with Crippen molar-refractivity contribution in [2.75, 3.05) is 19.8 Å². The van der Waals surface area contributed by atoms with E-state index in [0.717, 1.165) is 5.56 Å². The zero-order chi connectivity index (χ0) is 18.0. The van der Waals surface area contributed by atoms with Crippen LogP contribution in [0.3, 0.4) is 0 Å². The fourth-order valence-electron chi connectivity index (χ4n) is 2.45. The third-order valence-corrected chi connectivity index (χ3v) is 5.07. The number of anilines is 1. The minimum absolute atomic E-state index is 0.140. The fourth-order valence-corrected chi connectivity index (χ4v) is 3.41. The molecule has 1 heterocycles. The number of hydrogen-bond donors (Lipinski definition) is 1. The number of aromatic nitrogens is 2. The van der Waals surface area contributed by atoms with Crippen LogP contribution in [0.25, 0.3) is 22.3 Å². The monoisotopic (exact) mass is 356 g/mol. The lowest BCUT2D eigenvalue weighted by molar-refractivity contribution is 0.520. The van der Waals surface area contributed by atoms with Crippen LogP contribution in [0.4, 0.5) is 10.3 Å². The van der Waals surface area contributed by atoms with Crippen molar-refractivity contribution in [2.24, 2.45) is 0 Å². The minimum Gasteiger partial charge on any atom is -0.593 e. The fraction of sp³-hybridized carbons (Fsp3) is 0.111. The molecule has 0 aliphatic rings. The molecule has 0 fully saturated rings. The van der Waals surface area contributed by atoms with Crippen LogP contribution in [0.5, 0.6) is 0 Å². The summed E-state index contributed by atoms with van der Waals surface area (Å²) in [5.41, 5.74) is 7.78. The molecule has 1 aromatic heterocycles. The van der Waals surface area contributed by atoms with Gasteiger partial charge in [0.15, 0.2) is 4.90 Å². The van der Waals surface area contributed by atoms with E-state index in [2.05, 4.69) is 9.97 Å². The SMILES string of the molecule is CN(C)[S+]([O-])c1ccccc1-c1ccc(-c2cnc(N)nc2)c(F)c1. The Hall–Kier alpha value is -2.48. The molecule has 0 amide bonds. The van der Waals surface area contributed by atoms with Gasteiger partial charge in [-0.25, -0.2) is 14.4 Å². The molecule has 2 aromatic carbocycles. The van der Waals surface area contributed by atoms with Gasteiger partial charge in [0.25, 0.3) is 0 Å². The normalized spacial score (nSPS) is 12.4. The first-order valence-electron chi connectivity index (χ1n) is 7.53. The highest BCUT2D eigenvalue weighted by molar-refractivity contribution is 7.89. The Morgan fingerprint density at radius 3 is 2.32 bits per heavy atom. The van der Waals surface area contributed by atoms with E-state index in [1.807, 2.05) is 18.2 Å². The van der Waals surface area contributed by atoms with Gasteiger partial charge >= 0.3 is 0 Å². The van der Waals surface area contributed by atoms with Gasteiger partial charge in [-0.05, 0) is 23.8 Å². The summed E-state index contributed by atoms with van der Waals surface area (Å²) < 4.78 is 28.7. The summed E-state index contributed by atoms with van der Waals surface area (Å²) in [6, 6.07) is 12.2. The molecule has 128 valence electrons. The summed E-state index contributed by atoms with van der Waals surface area (Å²) >= 11 is -1.32. The highest BCUT2D eigenvalue weighted by Gasteiger charge is 2.20. The Balaban J connectivity index is 2.03. The van der Waals surface area contributed by atoms with Crippen molar-refractivity contribution >= 4 is 17.3 Å². The molecule has 3 aromatic rings. The van der Waals surface area contributed by atoms with Crippen molar-refractivity contribution in [1.29, 1.82) is 0 Å². The van der Waals surface area contributed by atoms with E-state index in [9.17, 15) is 8.94 Å². The molecule has 0 saturated heterocycles. The van der Waals surface area contributed by atoms with Gasteiger partial charge in [0.05, 0.1) is 11.4 Å². The highest BCUT2D eigenvalue weighted by Crippen LogP contribution is 2.32. The maximum Gasteiger partial charge on any atom is 0.219 e. The number of nitrogens with two attached hydrogens (primary N) is 1. The quantitative estimate of drug-likeness (QED) is 0.727. The molecule has 0 saturated carbocycles. The number of hydrogen-bond acceptors (Lipinski definition) is 5. The Morgan fingerprint density at radius 1 is 1.00 bits per heavy atom. The Bertz CT molecular complexity index is 886. The maximum atomic E-state index is 14.6. The summed E-state index contributed by atoms with van der Waals surface area (Å²) in [7, 11) is 3.47. The largest absolute Gasteiger partial charge is 0.593 e. The molecule has 0 radical (unpaired) electrons. The molecule has 1 unspecified atom stereocenters. The summed E-state index contributed by atoms with van der Waals surface area (Å²) in [6.45, 7) is 0. The first-order chi connectivity index (χ1) is 12.0. The number of rotatable bonds is 4. The topological polar surface area (TPSA) is 78.1 Å². The summed E-state index contributed by atoms with van der Waals surface area (Å²) in [6.07, 6.45) is 2.96. The van der Waals surface area contributed by atoms with E-state index >= 15 is 0 Å². The third kappa shape index (κ3) is 3.63. The predicted molar refractivity (Wildman–Crippen MR) is 97.4 cm³/mol. The van der Waals surface area contributed by atoms with E-state index in [-0.39, 0.29) is 5.95 Å². The number of nitrogen functional groups attached to an aromatic ring is 1. The van der Waals surface area contributed by atoms with Crippen LogP contribution in [-0.4, -0.2) is 32.9 Å². The summed E-state index contributed by atoms with van der Waals surface area (Å²) in [5.74, 6) is -0.266. The van der Waals surface area contributed by atoms with Crippen molar-refractivity contribution < 1.29 is 8.94 Å². The van der Waals surface area contributed by atoms with Crippen molar-refractivity contribution in [2.45, 2.75) is 4.90 Å². The van der Waals surface area contributed by atoms with Gasteiger partial charge < -0.3 is 10.3 Å². The van der Waals surface area contributed by atoms with Crippen LogP contribution < -0.4 is 5.73 Å². The van der Waals surface area contributed by atoms with Crippen molar-refractivity contribution in [3.05, 3.63) is 60.7 Å². The van der Waals surface area contributed by atoms with Crippen LogP contribution in [0.2, 0.25) is 0 Å². The number of benzene rings is 2. The molecule has 0 spiro atoms. The van der Waals surface area contributed by atoms with Gasteiger partial charge in [0.2, 0.25) is 5.95 Å². The van der Waals surface area contributed by atoms with E-state index in [0.29, 0.717) is 21.6 Å². The second-order valence-electron chi connectivity index (χ2n) is 5.58. The smallest absolute Gasteiger partial charge is 0.219 e. The number of nitrogens with zero attached hydrogens (tertiary/aromatic N) is 3. The zero-order valence-electron chi connectivity index (χ0n) is 13.8. The van der Waals surface area contributed by atoms with Gasteiger partial charge in [-0.1, -0.05) is 24.3 Å². The van der Waals surface area contributed by atoms with E-state index in [1.54, 1.807) is 36.6 Å². The second kappa shape index (κ2) is 7.18. The van der Waals surface area contributed by atoms with Crippen LogP contribution in [0, 0.1) is 5.82 Å². The van der Waals surface area contributed by atoms with Crippen LogP contribution in [-0.2, 0) is 11.4 Å². The van der Waals surface area contributed by atoms with E-state index < -0.39 is 17.2 Å². The van der Waals surface area contributed by atoms with Crippen molar-refractivity contribution in [1.82, 2.24) is 14.3 Å².